The molecular formula is C14H12Cl2N4. The van der Waals surface area contributed by atoms with Gasteiger partial charge in [0.1, 0.15) is 5.15 Å². The maximum atomic E-state index is 6.08. The highest BCUT2D eigenvalue weighted by Crippen LogP contribution is 2.27. The number of aryl methyl sites for hydroxylation is 3. The van der Waals surface area contributed by atoms with Crippen LogP contribution in [0.5, 0.6) is 0 Å². The molecular weight excluding hydrogens is 295 g/mol. The molecule has 6 heteroatoms. The fraction of sp³-hybridized carbons (Fsp3) is 0.214. The van der Waals surface area contributed by atoms with E-state index >= 15 is 0 Å². The van der Waals surface area contributed by atoms with Gasteiger partial charge in [-0.25, -0.2) is 9.67 Å². The summed E-state index contributed by atoms with van der Waals surface area (Å²) in [6.07, 6.45) is 1.66. The van der Waals surface area contributed by atoms with E-state index in [1.54, 1.807) is 10.9 Å². The predicted molar refractivity (Wildman–Crippen MR) is 80.9 cm³/mol. The van der Waals surface area contributed by atoms with Crippen molar-refractivity contribution in [2.24, 2.45) is 0 Å². The lowest BCUT2D eigenvalue weighted by molar-refractivity contribution is 0.878. The highest BCUT2D eigenvalue weighted by atomic mass is 35.5. The third-order valence-electron chi connectivity index (χ3n) is 3.20. The van der Waals surface area contributed by atoms with Gasteiger partial charge in [-0.05, 0) is 43.5 Å². The molecule has 0 saturated heterocycles. The number of aromatic nitrogens is 4. The standard InChI is InChI=1S/C14H12Cl2N4/c1-7-4-8(2)11(9(3)5-7)20-13-10(6-17-20)12(15)18-14(16)19-13/h4-6H,1-3H3. The first-order valence-electron chi connectivity index (χ1n) is 6.12. The molecule has 0 radical (unpaired) electrons. The summed E-state index contributed by atoms with van der Waals surface area (Å²) in [5, 5.41) is 5.51. The van der Waals surface area contributed by atoms with E-state index < -0.39 is 0 Å². The Kier molecular flexibility index (Phi) is 3.15. The van der Waals surface area contributed by atoms with Gasteiger partial charge in [-0.1, -0.05) is 29.3 Å². The Bertz CT molecular complexity index is 800. The van der Waals surface area contributed by atoms with Crippen molar-refractivity contribution in [3.63, 3.8) is 0 Å². The molecule has 4 nitrogen and oxygen atoms in total. The summed E-state index contributed by atoms with van der Waals surface area (Å²) in [6, 6.07) is 4.22. The van der Waals surface area contributed by atoms with Crippen molar-refractivity contribution < 1.29 is 0 Å². The smallest absolute Gasteiger partial charge is 0.214 e. The number of benzene rings is 1. The molecule has 3 rings (SSSR count). The quantitative estimate of drug-likeness (QED) is 0.503. The molecule has 0 spiro atoms. The zero-order valence-electron chi connectivity index (χ0n) is 11.3. The Morgan fingerprint density at radius 3 is 2.30 bits per heavy atom. The molecule has 0 aliphatic carbocycles. The van der Waals surface area contributed by atoms with Gasteiger partial charge >= 0.3 is 0 Å². The normalized spacial score (nSPS) is 11.2. The second-order valence-corrected chi connectivity index (χ2v) is 5.52. The SMILES string of the molecule is Cc1cc(C)c(-n2ncc3c(Cl)nc(Cl)nc32)c(C)c1. The first-order valence-corrected chi connectivity index (χ1v) is 6.88. The summed E-state index contributed by atoms with van der Waals surface area (Å²) >= 11 is 12.0. The Balaban J connectivity index is 2.36. The first kappa shape index (κ1) is 13.3. The van der Waals surface area contributed by atoms with Crippen LogP contribution in [-0.2, 0) is 0 Å². The molecule has 102 valence electrons. The number of halogens is 2. The Labute approximate surface area is 126 Å². The van der Waals surface area contributed by atoms with Crippen molar-refractivity contribution in [1.29, 1.82) is 0 Å². The maximum Gasteiger partial charge on any atom is 0.225 e. The van der Waals surface area contributed by atoms with Crippen molar-refractivity contribution in [2.45, 2.75) is 20.8 Å². The van der Waals surface area contributed by atoms with Crippen LogP contribution < -0.4 is 0 Å². The number of rotatable bonds is 1. The number of hydrogen-bond donors (Lipinski definition) is 0. The average Bonchev–Trinajstić information content (AvgIpc) is 2.72. The van der Waals surface area contributed by atoms with Gasteiger partial charge in [-0.3, -0.25) is 0 Å². The monoisotopic (exact) mass is 306 g/mol. The molecule has 0 aliphatic rings. The summed E-state index contributed by atoms with van der Waals surface area (Å²) < 4.78 is 1.76. The molecule has 0 amide bonds. The van der Waals surface area contributed by atoms with E-state index in [1.807, 2.05) is 13.8 Å². The number of hydrogen-bond acceptors (Lipinski definition) is 3. The zero-order valence-corrected chi connectivity index (χ0v) is 12.8. The van der Waals surface area contributed by atoms with Crippen LogP contribution in [0.1, 0.15) is 16.7 Å². The fourth-order valence-electron chi connectivity index (χ4n) is 2.52. The predicted octanol–water partition coefficient (Wildman–Crippen LogP) is 4.05. The Hall–Kier alpha value is -1.65. The summed E-state index contributed by atoms with van der Waals surface area (Å²) in [4.78, 5) is 8.18. The van der Waals surface area contributed by atoms with E-state index in [0.717, 1.165) is 16.8 Å². The maximum absolute atomic E-state index is 6.08. The fourth-order valence-corrected chi connectivity index (χ4v) is 2.94. The van der Waals surface area contributed by atoms with Crippen LogP contribution in [-0.4, -0.2) is 19.7 Å². The molecule has 2 heterocycles. The largest absolute Gasteiger partial charge is 0.225 e. The number of nitrogens with zero attached hydrogens (tertiary/aromatic N) is 4. The molecule has 0 unspecified atom stereocenters. The van der Waals surface area contributed by atoms with Crippen molar-refractivity contribution in [3.05, 3.63) is 45.5 Å². The molecule has 0 fully saturated rings. The van der Waals surface area contributed by atoms with Crippen LogP contribution in [0.4, 0.5) is 0 Å². The van der Waals surface area contributed by atoms with Crippen LogP contribution >= 0.6 is 23.2 Å². The van der Waals surface area contributed by atoms with E-state index in [1.165, 1.54) is 5.56 Å². The minimum absolute atomic E-state index is 0.117. The summed E-state index contributed by atoms with van der Waals surface area (Å²) in [5.74, 6) is 0. The summed E-state index contributed by atoms with van der Waals surface area (Å²) in [7, 11) is 0. The lowest BCUT2D eigenvalue weighted by atomic mass is 10.1. The third kappa shape index (κ3) is 2.05. The Morgan fingerprint density at radius 1 is 1.00 bits per heavy atom. The van der Waals surface area contributed by atoms with Crippen LogP contribution in [0, 0.1) is 20.8 Å². The highest BCUT2D eigenvalue weighted by molar-refractivity contribution is 6.35. The first-order chi connectivity index (χ1) is 9.47. The van der Waals surface area contributed by atoms with E-state index in [9.17, 15) is 0 Å². The number of fused-ring (bicyclic) bond motifs is 1. The Morgan fingerprint density at radius 2 is 1.65 bits per heavy atom. The van der Waals surface area contributed by atoms with E-state index in [2.05, 4.69) is 34.1 Å². The van der Waals surface area contributed by atoms with E-state index in [-0.39, 0.29) is 5.28 Å². The topological polar surface area (TPSA) is 43.6 Å². The van der Waals surface area contributed by atoms with Crippen molar-refractivity contribution in [2.75, 3.05) is 0 Å². The van der Waals surface area contributed by atoms with Crippen LogP contribution in [0.25, 0.3) is 16.7 Å². The minimum Gasteiger partial charge on any atom is -0.214 e. The lowest BCUT2D eigenvalue weighted by Gasteiger charge is -2.12. The van der Waals surface area contributed by atoms with Gasteiger partial charge in [0.25, 0.3) is 0 Å². The molecule has 0 atom stereocenters. The second kappa shape index (κ2) is 4.72. The highest BCUT2D eigenvalue weighted by Gasteiger charge is 2.15. The van der Waals surface area contributed by atoms with Gasteiger partial charge in [0.2, 0.25) is 5.28 Å². The van der Waals surface area contributed by atoms with Crippen molar-refractivity contribution >= 4 is 34.2 Å². The van der Waals surface area contributed by atoms with Crippen LogP contribution in [0.15, 0.2) is 18.3 Å². The van der Waals surface area contributed by atoms with Crippen molar-refractivity contribution in [1.82, 2.24) is 19.7 Å². The molecule has 0 saturated carbocycles. The van der Waals surface area contributed by atoms with Crippen molar-refractivity contribution in [3.8, 4) is 5.69 Å². The molecule has 0 N–H and O–H groups in total. The van der Waals surface area contributed by atoms with Gasteiger partial charge in [0.15, 0.2) is 5.65 Å². The van der Waals surface area contributed by atoms with Gasteiger partial charge in [0, 0.05) is 0 Å². The van der Waals surface area contributed by atoms with Gasteiger partial charge in [0.05, 0.1) is 17.3 Å². The van der Waals surface area contributed by atoms with Crippen LogP contribution in [0.2, 0.25) is 10.4 Å². The van der Waals surface area contributed by atoms with Gasteiger partial charge in [-0.2, -0.15) is 10.1 Å². The lowest BCUT2D eigenvalue weighted by Crippen LogP contribution is -2.04. The summed E-state index contributed by atoms with van der Waals surface area (Å²) in [6.45, 7) is 6.17. The van der Waals surface area contributed by atoms with Gasteiger partial charge in [-0.15, -0.1) is 0 Å². The molecule has 20 heavy (non-hydrogen) atoms. The molecule has 3 aromatic rings. The second-order valence-electron chi connectivity index (χ2n) is 4.82. The molecule has 2 aromatic heterocycles. The zero-order chi connectivity index (χ0) is 14.4. The molecule has 0 aliphatic heterocycles. The van der Waals surface area contributed by atoms with E-state index in [4.69, 9.17) is 23.2 Å². The van der Waals surface area contributed by atoms with E-state index in [0.29, 0.717) is 16.2 Å². The average molecular weight is 307 g/mol. The van der Waals surface area contributed by atoms with Gasteiger partial charge < -0.3 is 0 Å². The molecule has 1 aromatic carbocycles. The third-order valence-corrected chi connectivity index (χ3v) is 3.66. The summed E-state index contributed by atoms with van der Waals surface area (Å²) in [5.41, 5.74) is 5.07. The molecule has 0 bridgehead atoms. The minimum atomic E-state index is 0.117. The van der Waals surface area contributed by atoms with Crippen LogP contribution in [0.3, 0.4) is 0 Å².